The molecule has 0 aliphatic heterocycles. The van der Waals surface area contributed by atoms with E-state index in [0.29, 0.717) is 12.8 Å². The molecule has 1 aromatic carbocycles. The third-order valence-corrected chi connectivity index (χ3v) is 3.44. The van der Waals surface area contributed by atoms with E-state index in [4.69, 9.17) is 4.74 Å². The lowest BCUT2D eigenvalue weighted by molar-refractivity contribution is -0.140. The molecule has 0 radical (unpaired) electrons. The Labute approximate surface area is 120 Å². The van der Waals surface area contributed by atoms with Crippen molar-refractivity contribution in [2.45, 2.75) is 25.2 Å². The molecule has 6 heteroatoms. The lowest BCUT2D eigenvalue weighted by atomic mass is 9.94. The molecule has 0 aromatic heterocycles. The van der Waals surface area contributed by atoms with E-state index in [2.05, 4.69) is 4.74 Å². The van der Waals surface area contributed by atoms with Crippen LogP contribution in [0.3, 0.4) is 0 Å². The Morgan fingerprint density at radius 1 is 1.33 bits per heavy atom. The summed E-state index contributed by atoms with van der Waals surface area (Å²) in [6.07, 6.45) is 2.20. The quantitative estimate of drug-likeness (QED) is 0.782. The molecule has 1 saturated carbocycles. The fraction of sp³-hybridized carbons (Fsp3) is 0.400. The lowest BCUT2D eigenvalue weighted by Crippen LogP contribution is -2.10. The minimum Gasteiger partial charge on any atom is -0.494 e. The van der Waals surface area contributed by atoms with Gasteiger partial charge in [0.25, 0.3) is 0 Å². The van der Waals surface area contributed by atoms with Gasteiger partial charge in [-0.3, -0.25) is 4.79 Å². The summed E-state index contributed by atoms with van der Waals surface area (Å²) in [6.45, 7) is 0.663. The molecule has 2 rings (SSSR count). The molecule has 3 nitrogen and oxygen atoms in total. The summed E-state index contributed by atoms with van der Waals surface area (Å²) in [5, 5.41) is 0. The Bertz CT molecular complexity index is 592. The van der Waals surface area contributed by atoms with E-state index < -0.39 is 35.5 Å². The highest BCUT2D eigenvalue weighted by Crippen LogP contribution is 2.51. The van der Waals surface area contributed by atoms with Crippen LogP contribution < -0.4 is 4.74 Å². The van der Waals surface area contributed by atoms with Crippen molar-refractivity contribution >= 4 is 5.97 Å². The molecule has 0 amide bonds. The van der Waals surface area contributed by atoms with Gasteiger partial charge in [0.2, 0.25) is 5.82 Å². The van der Waals surface area contributed by atoms with Crippen molar-refractivity contribution in [1.29, 1.82) is 0 Å². The minimum absolute atomic E-state index is 0.0822. The average molecular weight is 300 g/mol. The van der Waals surface area contributed by atoms with Crippen LogP contribution in [0.2, 0.25) is 0 Å². The number of benzene rings is 1. The second kappa shape index (κ2) is 5.79. The van der Waals surface area contributed by atoms with Gasteiger partial charge in [-0.25, -0.2) is 8.78 Å². The van der Waals surface area contributed by atoms with Gasteiger partial charge in [0, 0.05) is 17.9 Å². The molecule has 0 saturated heterocycles. The van der Waals surface area contributed by atoms with E-state index in [1.807, 2.05) is 0 Å². The zero-order valence-corrected chi connectivity index (χ0v) is 11.7. The van der Waals surface area contributed by atoms with E-state index in [-0.39, 0.29) is 11.3 Å². The predicted molar refractivity (Wildman–Crippen MR) is 69.6 cm³/mol. The Kier molecular flexibility index (Phi) is 4.25. The van der Waals surface area contributed by atoms with Gasteiger partial charge >= 0.3 is 5.97 Å². The second-order valence-corrected chi connectivity index (χ2v) is 4.97. The third kappa shape index (κ3) is 3.20. The van der Waals surface area contributed by atoms with Gasteiger partial charge < -0.3 is 9.47 Å². The van der Waals surface area contributed by atoms with E-state index in [1.165, 1.54) is 32.2 Å². The summed E-state index contributed by atoms with van der Waals surface area (Å²) in [5.41, 5.74) is -0.791. The molecule has 1 aliphatic rings. The van der Waals surface area contributed by atoms with Crippen LogP contribution in [0.1, 0.15) is 25.3 Å². The molecule has 0 atom stereocenters. The number of esters is 1. The molecule has 0 heterocycles. The first-order valence-corrected chi connectivity index (χ1v) is 6.42. The van der Waals surface area contributed by atoms with Crippen LogP contribution in [0.5, 0.6) is 5.75 Å². The molecule has 1 aromatic rings. The number of halogens is 3. The number of hydrogen-bond acceptors (Lipinski definition) is 3. The van der Waals surface area contributed by atoms with Gasteiger partial charge in [-0.15, -0.1) is 0 Å². The van der Waals surface area contributed by atoms with Crippen LogP contribution in [-0.2, 0) is 14.9 Å². The Balaban J connectivity index is 2.27. The standard InChI is InChI=1S/C15H15F3O3/c1-9(19)21-8-10(16)7-15(5-6-15)11-3-4-12(20-2)14(18)13(11)17/h3-4,7H,5-6,8H2,1-2H3. The second-order valence-electron chi connectivity index (χ2n) is 4.97. The number of hydrogen-bond donors (Lipinski definition) is 0. The van der Waals surface area contributed by atoms with E-state index in [9.17, 15) is 18.0 Å². The van der Waals surface area contributed by atoms with Crippen molar-refractivity contribution in [1.82, 2.24) is 0 Å². The number of carbonyl (C=O) groups excluding carboxylic acids is 1. The summed E-state index contributed by atoms with van der Waals surface area (Å²) >= 11 is 0. The molecule has 0 spiro atoms. The number of allylic oxidation sites excluding steroid dienone is 1. The maximum absolute atomic E-state index is 14.1. The number of carbonyl (C=O) groups is 1. The van der Waals surface area contributed by atoms with Crippen LogP contribution in [0.4, 0.5) is 13.2 Å². The minimum atomic E-state index is -1.09. The fourth-order valence-corrected chi connectivity index (χ4v) is 2.21. The Morgan fingerprint density at radius 2 is 2.00 bits per heavy atom. The topological polar surface area (TPSA) is 35.5 Å². The first kappa shape index (κ1) is 15.4. The average Bonchev–Trinajstić information content (AvgIpc) is 3.20. The molecule has 0 unspecified atom stereocenters. The summed E-state index contributed by atoms with van der Waals surface area (Å²) < 4.78 is 50.7. The van der Waals surface area contributed by atoms with E-state index in [0.717, 1.165) is 0 Å². The van der Waals surface area contributed by atoms with Crippen LogP contribution in [0.25, 0.3) is 0 Å². The first-order chi connectivity index (χ1) is 9.89. The Hall–Kier alpha value is -1.98. The molecule has 21 heavy (non-hydrogen) atoms. The van der Waals surface area contributed by atoms with Crippen molar-refractivity contribution < 1.29 is 27.4 Å². The Morgan fingerprint density at radius 3 is 2.52 bits per heavy atom. The molecule has 1 aliphatic carbocycles. The van der Waals surface area contributed by atoms with Crippen LogP contribution in [0.15, 0.2) is 24.0 Å². The number of ether oxygens (including phenoxy) is 2. The maximum Gasteiger partial charge on any atom is 0.303 e. The van der Waals surface area contributed by atoms with Crippen LogP contribution in [0, 0.1) is 11.6 Å². The van der Waals surface area contributed by atoms with Gasteiger partial charge in [-0.05, 0) is 25.0 Å². The van der Waals surface area contributed by atoms with Gasteiger partial charge in [-0.1, -0.05) is 6.07 Å². The fourth-order valence-electron chi connectivity index (χ4n) is 2.21. The maximum atomic E-state index is 14.1. The smallest absolute Gasteiger partial charge is 0.303 e. The monoisotopic (exact) mass is 300 g/mol. The van der Waals surface area contributed by atoms with Crippen molar-refractivity contribution in [3.05, 3.63) is 41.2 Å². The SMILES string of the molecule is COc1ccc(C2(C=C(F)COC(C)=O)CC2)c(F)c1F. The summed E-state index contributed by atoms with van der Waals surface area (Å²) in [6, 6.07) is 2.70. The molecule has 114 valence electrons. The van der Waals surface area contributed by atoms with Crippen LogP contribution in [-0.4, -0.2) is 19.7 Å². The van der Waals surface area contributed by atoms with Crippen molar-refractivity contribution in [3.63, 3.8) is 0 Å². The van der Waals surface area contributed by atoms with Gasteiger partial charge in [0.1, 0.15) is 12.4 Å². The zero-order chi connectivity index (χ0) is 15.6. The van der Waals surface area contributed by atoms with Gasteiger partial charge in [-0.2, -0.15) is 4.39 Å². The van der Waals surface area contributed by atoms with Crippen molar-refractivity contribution in [2.75, 3.05) is 13.7 Å². The number of methoxy groups -OCH3 is 1. The van der Waals surface area contributed by atoms with Crippen molar-refractivity contribution in [3.8, 4) is 5.75 Å². The highest BCUT2D eigenvalue weighted by molar-refractivity contribution is 5.66. The molecule has 1 fully saturated rings. The molecular formula is C15H15F3O3. The van der Waals surface area contributed by atoms with Crippen molar-refractivity contribution in [2.24, 2.45) is 0 Å². The van der Waals surface area contributed by atoms with E-state index >= 15 is 0 Å². The summed E-state index contributed by atoms with van der Waals surface area (Å²) in [7, 11) is 1.24. The van der Waals surface area contributed by atoms with Crippen LogP contribution >= 0.6 is 0 Å². The summed E-state index contributed by atoms with van der Waals surface area (Å²) in [5.74, 6) is -3.61. The third-order valence-electron chi connectivity index (χ3n) is 3.44. The lowest BCUT2D eigenvalue weighted by Gasteiger charge is -2.14. The molecule has 0 bridgehead atoms. The normalized spacial score (nSPS) is 16.5. The molecular weight excluding hydrogens is 285 g/mol. The van der Waals surface area contributed by atoms with Gasteiger partial charge in [0.15, 0.2) is 11.6 Å². The van der Waals surface area contributed by atoms with E-state index in [1.54, 1.807) is 0 Å². The number of rotatable bonds is 5. The highest BCUT2D eigenvalue weighted by atomic mass is 19.2. The first-order valence-electron chi connectivity index (χ1n) is 6.42. The largest absolute Gasteiger partial charge is 0.494 e. The summed E-state index contributed by atoms with van der Waals surface area (Å²) in [4.78, 5) is 10.6. The van der Waals surface area contributed by atoms with Gasteiger partial charge in [0.05, 0.1) is 7.11 Å². The predicted octanol–water partition coefficient (Wildman–Crippen LogP) is 3.42. The highest BCUT2D eigenvalue weighted by Gasteiger charge is 2.45. The molecule has 0 N–H and O–H groups in total. The zero-order valence-electron chi connectivity index (χ0n) is 11.7.